The second kappa shape index (κ2) is 6.06. The highest BCUT2D eigenvalue weighted by atomic mass is 16.5. The fourth-order valence-electron chi connectivity index (χ4n) is 2.39. The minimum absolute atomic E-state index is 0.231. The predicted octanol–water partition coefficient (Wildman–Crippen LogP) is 2.17. The first kappa shape index (κ1) is 13.9. The Morgan fingerprint density at radius 2 is 2.37 bits per heavy atom. The summed E-state index contributed by atoms with van der Waals surface area (Å²) in [6.07, 6.45) is 2.72. The number of nitrogens with one attached hydrogen (secondary N) is 2. The molecule has 2 amide bonds. The van der Waals surface area contributed by atoms with E-state index in [1.54, 1.807) is 0 Å². The number of anilines is 1. The van der Waals surface area contributed by atoms with E-state index in [-0.39, 0.29) is 12.1 Å². The van der Waals surface area contributed by atoms with E-state index in [1.165, 1.54) is 6.26 Å². The van der Waals surface area contributed by atoms with Crippen LogP contribution in [0.15, 0.2) is 10.8 Å². The third kappa shape index (κ3) is 3.47. The van der Waals surface area contributed by atoms with Gasteiger partial charge >= 0.3 is 6.03 Å². The van der Waals surface area contributed by atoms with Gasteiger partial charge in [-0.15, -0.1) is 0 Å². The van der Waals surface area contributed by atoms with Crippen molar-refractivity contribution in [2.75, 3.05) is 18.5 Å². The van der Waals surface area contributed by atoms with Gasteiger partial charge in [0.15, 0.2) is 5.82 Å². The second-order valence-corrected chi connectivity index (χ2v) is 5.31. The van der Waals surface area contributed by atoms with Crippen LogP contribution in [0.25, 0.3) is 0 Å². The highest BCUT2D eigenvalue weighted by molar-refractivity contribution is 5.88. The van der Waals surface area contributed by atoms with Gasteiger partial charge in [0.2, 0.25) is 0 Å². The lowest BCUT2D eigenvalue weighted by Crippen LogP contribution is -2.37. The van der Waals surface area contributed by atoms with E-state index in [4.69, 9.17) is 9.26 Å². The first-order chi connectivity index (χ1) is 9.08. The Morgan fingerprint density at radius 3 is 3.00 bits per heavy atom. The van der Waals surface area contributed by atoms with E-state index in [0.29, 0.717) is 24.2 Å². The molecule has 0 unspecified atom stereocenters. The van der Waals surface area contributed by atoms with Crippen LogP contribution in [0.5, 0.6) is 0 Å². The zero-order chi connectivity index (χ0) is 13.8. The summed E-state index contributed by atoms with van der Waals surface area (Å²) in [5, 5.41) is 9.23. The van der Waals surface area contributed by atoms with Crippen molar-refractivity contribution in [3.8, 4) is 0 Å². The Morgan fingerprint density at radius 1 is 1.58 bits per heavy atom. The number of ether oxygens (including phenoxy) is 1. The van der Waals surface area contributed by atoms with Crippen molar-refractivity contribution in [2.24, 2.45) is 11.8 Å². The van der Waals surface area contributed by atoms with E-state index in [0.717, 1.165) is 18.6 Å². The Bertz CT molecular complexity index is 431. The maximum Gasteiger partial charge on any atom is 0.320 e. The SMILES string of the molecule is Cc1conc1NC(=O)NC[C@@H]1CCO[C@@H]1C(C)C. The van der Waals surface area contributed by atoms with Crippen molar-refractivity contribution < 1.29 is 14.1 Å². The molecular weight excluding hydrogens is 246 g/mol. The number of carbonyl (C=O) groups is 1. The lowest BCUT2D eigenvalue weighted by atomic mass is 9.93. The maximum absolute atomic E-state index is 11.8. The molecule has 1 aliphatic heterocycles. The number of rotatable bonds is 4. The standard InChI is InChI=1S/C13H21N3O3/c1-8(2)11-10(4-5-18-11)6-14-13(17)15-12-9(3)7-19-16-12/h7-8,10-11H,4-6H2,1-3H3,(H2,14,15,16,17)/t10-,11+/m0/s1. The van der Waals surface area contributed by atoms with Crippen LogP contribution in [0.3, 0.4) is 0 Å². The molecule has 0 aliphatic carbocycles. The van der Waals surface area contributed by atoms with E-state index < -0.39 is 0 Å². The predicted molar refractivity (Wildman–Crippen MR) is 70.9 cm³/mol. The molecule has 1 saturated heterocycles. The fraction of sp³-hybridized carbons (Fsp3) is 0.692. The molecular formula is C13H21N3O3. The lowest BCUT2D eigenvalue weighted by molar-refractivity contribution is 0.0546. The molecule has 1 aromatic heterocycles. The molecule has 2 heterocycles. The number of carbonyl (C=O) groups excluding carboxylic acids is 1. The summed E-state index contributed by atoms with van der Waals surface area (Å²) < 4.78 is 10.4. The van der Waals surface area contributed by atoms with Crippen LogP contribution >= 0.6 is 0 Å². The van der Waals surface area contributed by atoms with Gasteiger partial charge in [-0.25, -0.2) is 4.79 Å². The van der Waals surface area contributed by atoms with Gasteiger partial charge in [-0.1, -0.05) is 19.0 Å². The Kier molecular flexibility index (Phi) is 4.42. The van der Waals surface area contributed by atoms with Gasteiger partial charge in [0.25, 0.3) is 0 Å². The number of hydrogen-bond acceptors (Lipinski definition) is 4. The van der Waals surface area contributed by atoms with Gasteiger partial charge in [-0.2, -0.15) is 0 Å². The number of amides is 2. The molecule has 2 atom stereocenters. The molecule has 0 spiro atoms. The molecule has 6 heteroatoms. The van der Waals surface area contributed by atoms with Crippen molar-refractivity contribution in [3.05, 3.63) is 11.8 Å². The third-order valence-corrected chi connectivity index (χ3v) is 3.42. The van der Waals surface area contributed by atoms with Crippen molar-refractivity contribution in [1.29, 1.82) is 0 Å². The van der Waals surface area contributed by atoms with E-state index >= 15 is 0 Å². The summed E-state index contributed by atoms with van der Waals surface area (Å²) in [5.41, 5.74) is 0.805. The Hall–Kier alpha value is -1.56. The van der Waals surface area contributed by atoms with E-state index in [2.05, 4.69) is 29.6 Å². The van der Waals surface area contributed by atoms with Crippen molar-refractivity contribution >= 4 is 11.8 Å². The molecule has 1 fully saturated rings. The molecule has 1 aliphatic rings. The van der Waals surface area contributed by atoms with Gasteiger partial charge in [-0.3, -0.25) is 5.32 Å². The maximum atomic E-state index is 11.8. The quantitative estimate of drug-likeness (QED) is 0.876. The van der Waals surface area contributed by atoms with Crippen LogP contribution in [0.4, 0.5) is 10.6 Å². The number of urea groups is 1. The van der Waals surface area contributed by atoms with Crippen LogP contribution in [0.2, 0.25) is 0 Å². The average molecular weight is 267 g/mol. The zero-order valence-corrected chi connectivity index (χ0v) is 11.6. The average Bonchev–Trinajstić information content (AvgIpc) is 2.96. The Balaban J connectivity index is 1.79. The van der Waals surface area contributed by atoms with Crippen LogP contribution in [-0.2, 0) is 4.74 Å². The van der Waals surface area contributed by atoms with E-state index in [1.807, 2.05) is 6.92 Å². The van der Waals surface area contributed by atoms with Gasteiger partial charge in [-0.05, 0) is 19.3 Å². The monoisotopic (exact) mass is 267 g/mol. The van der Waals surface area contributed by atoms with Crippen LogP contribution in [-0.4, -0.2) is 30.4 Å². The normalized spacial score (nSPS) is 22.7. The summed E-state index contributed by atoms with van der Waals surface area (Å²) in [7, 11) is 0. The van der Waals surface area contributed by atoms with Gasteiger partial charge in [0.05, 0.1) is 6.10 Å². The van der Waals surface area contributed by atoms with Crippen molar-refractivity contribution in [1.82, 2.24) is 10.5 Å². The van der Waals surface area contributed by atoms with Gasteiger partial charge < -0.3 is 14.6 Å². The van der Waals surface area contributed by atoms with Crippen LogP contribution in [0, 0.1) is 18.8 Å². The summed E-state index contributed by atoms with van der Waals surface area (Å²) in [6, 6.07) is -0.258. The third-order valence-electron chi connectivity index (χ3n) is 3.42. The van der Waals surface area contributed by atoms with Gasteiger partial charge in [0, 0.05) is 24.6 Å². The molecule has 19 heavy (non-hydrogen) atoms. The van der Waals surface area contributed by atoms with Gasteiger partial charge in [0.1, 0.15) is 6.26 Å². The number of hydrogen-bond donors (Lipinski definition) is 2. The lowest BCUT2D eigenvalue weighted by Gasteiger charge is -2.22. The first-order valence-corrected chi connectivity index (χ1v) is 6.65. The Labute approximate surface area is 112 Å². The van der Waals surface area contributed by atoms with E-state index in [9.17, 15) is 4.79 Å². The van der Waals surface area contributed by atoms with Crippen LogP contribution < -0.4 is 10.6 Å². The molecule has 0 saturated carbocycles. The van der Waals surface area contributed by atoms with Crippen molar-refractivity contribution in [3.63, 3.8) is 0 Å². The topological polar surface area (TPSA) is 76.4 Å². The highest BCUT2D eigenvalue weighted by Gasteiger charge is 2.30. The number of nitrogens with zero attached hydrogens (tertiary/aromatic N) is 1. The second-order valence-electron chi connectivity index (χ2n) is 5.31. The zero-order valence-electron chi connectivity index (χ0n) is 11.6. The molecule has 6 nitrogen and oxygen atoms in total. The highest BCUT2D eigenvalue weighted by Crippen LogP contribution is 2.26. The smallest absolute Gasteiger partial charge is 0.320 e. The molecule has 1 aromatic rings. The summed E-state index contributed by atoms with van der Waals surface area (Å²) in [6.45, 7) is 7.50. The summed E-state index contributed by atoms with van der Waals surface area (Å²) >= 11 is 0. The molecule has 2 N–H and O–H groups in total. The molecule has 0 aromatic carbocycles. The molecule has 0 bridgehead atoms. The fourth-order valence-corrected chi connectivity index (χ4v) is 2.39. The minimum atomic E-state index is -0.258. The van der Waals surface area contributed by atoms with Crippen molar-refractivity contribution in [2.45, 2.75) is 33.3 Å². The largest absolute Gasteiger partial charge is 0.378 e. The van der Waals surface area contributed by atoms with Crippen LogP contribution in [0.1, 0.15) is 25.8 Å². The molecule has 2 rings (SSSR count). The minimum Gasteiger partial charge on any atom is -0.378 e. The summed E-state index contributed by atoms with van der Waals surface area (Å²) in [4.78, 5) is 11.8. The molecule has 0 radical (unpaired) electrons. The molecule has 106 valence electrons. The number of aryl methyl sites for hydroxylation is 1. The number of aromatic nitrogens is 1. The summed E-state index contributed by atoms with van der Waals surface area (Å²) in [5.74, 6) is 1.31. The first-order valence-electron chi connectivity index (χ1n) is 6.65.